The van der Waals surface area contributed by atoms with Gasteiger partial charge in [-0.1, -0.05) is 47.0 Å². The van der Waals surface area contributed by atoms with Crippen molar-refractivity contribution in [1.29, 1.82) is 0 Å². The Balaban J connectivity index is 1.46. The lowest BCUT2D eigenvalue weighted by Gasteiger charge is -2.10. The van der Waals surface area contributed by atoms with Crippen molar-refractivity contribution in [3.63, 3.8) is 0 Å². The Morgan fingerprint density at radius 3 is 2.64 bits per heavy atom. The number of imide groups is 1. The molecule has 0 unspecified atom stereocenters. The van der Waals surface area contributed by atoms with Crippen LogP contribution in [0, 0.1) is 0 Å². The largest absolute Gasteiger partial charge is 0.497 e. The number of aromatic nitrogens is 2. The predicted octanol–water partition coefficient (Wildman–Crippen LogP) is 2.48. The zero-order valence-corrected chi connectivity index (χ0v) is 15.9. The molecule has 1 saturated heterocycles. The van der Waals surface area contributed by atoms with Crippen LogP contribution in [0.15, 0.2) is 32.9 Å². The summed E-state index contributed by atoms with van der Waals surface area (Å²) in [6.45, 7) is 0.942. The average molecular weight is 397 g/mol. The maximum atomic E-state index is 12.0. The zero-order chi connectivity index (χ0) is 17.6. The van der Waals surface area contributed by atoms with Gasteiger partial charge >= 0.3 is 6.03 Å². The third kappa shape index (κ3) is 4.86. The molecule has 0 spiro atoms. The van der Waals surface area contributed by atoms with Crippen molar-refractivity contribution >= 4 is 46.8 Å². The van der Waals surface area contributed by atoms with Crippen molar-refractivity contribution in [2.75, 3.05) is 26.0 Å². The van der Waals surface area contributed by atoms with Crippen LogP contribution < -0.4 is 10.1 Å². The van der Waals surface area contributed by atoms with E-state index >= 15 is 0 Å². The molecule has 0 aliphatic carbocycles. The van der Waals surface area contributed by atoms with Crippen molar-refractivity contribution in [1.82, 2.24) is 20.4 Å². The van der Waals surface area contributed by atoms with E-state index in [4.69, 9.17) is 4.74 Å². The first-order valence-corrected chi connectivity index (χ1v) is 10.2. The van der Waals surface area contributed by atoms with Crippen molar-refractivity contribution in [3.8, 4) is 5.75 Å². The van der Waals surface area contributed by atoms with Crippen LogP contribution in [0.5, 0.6) is 5.75 Å². The van der Waals surface area contributed by atoms with Gasteiger partial charge in [-0.25, -0.2) is 4.79 Å². The van der Waals surface area contributed by atoms with Gasteiger partial charge in [-0.3, -0.25) is 9.69 Å². The van der Waals surface area contributed by atoms with Crippen LogP contribution in [0.2, 0.25) is 0 Å². The van der Waals surface area contributed by atoms with Gasteiger partial charge in [-0.05, 0) is 17.7 Å². The molecule has 1 aliphatic rings. The highest BCUT2D eigenvalue weighted by Gasteiger charge is 2.26. The molecular formula is C15H16N4O3S3. The van der Waals surface area contributed by atoms with Crippen LogP contribution in [-0.4, -0.2) is 53.0 Å². The number of methoxy groups -OCH3 is 1. The van der Waals surface area contributed by atoms with Gasteiger partial charge in [0.1, 0.15) is 5.75 Å². The van der Waals surface area contributed by atoms with Gasteiger partial charge in [0.2, 0.25) is 5.91 Å². The Labute approximate surface area is 157 Å². The van der Waals surface area contributed by atoms with Gasteiger partial charge in [-0.2, -0.15) is 0 Å². The van der Waals surface area contributed by atoms with Crippen molar-refractivity contribution in [2.45, 2.75) is 14.4 Å². The smallest absolute Gasteiger partial charge is 0.324 e. The van der Waals surface area contributed by atoms with E-state index in [-0.39, 0.29) is 17.7 Å². The number of benzene rings is 1. The minimum absolute atomic E-state index is 0.186. The standard InChI is InChI=1S/C15H16N4O3S3/c1-22-11-4-2-10(3-5-11)8-23-14-17-18-15(25-14)24-9-12(20)19-7-6-16-13(19)21/h2-5H,6-9H2,1H3,(H,16,21). The van der Waals surface area contributed by atoms with E-state index in [1.807, 2.05) is 24.3 Å². The fourth-order valence-electron chi connectivity index (χ4n) is 2.09. The number of hydrogen-bond donors (Lipinski definition) is 1. The molecule has 2 heterocycles. The lowest BCUT2D eigenvalue weighted by Crippen LogP contribution is -2.35. The highest BCUT2D eigenvalue weighted by molar-refractivity contribution is 8.03. The van der Waals surface area contributed by atoms with E-state index in [0.29, 0.717) is 13.1 Å². The SMILES string of the molecule is COc1ccc(CSc2nnc(SCC(=O)N3CCNC3=O)s2)cc1. The molecule has 1 aliphatic heterocycles. The zero-order valence-electron chi connectivity index (χ0n) is 13.4. The number of nitrogens with one attached hydrogen (secondary N) is 1. The summed E-state index contributed by atoms with van der Waals surface area (Å²) in [5.41, 5.74) is 1.17. The lowest BCUT2D eigenvalue weighted by atomic mass is 10.2. The molecule has 10 heteroatoms. The minimum atomic E-state index is -0.321. The number of hydrogen-bond acceptors (Lipinski definition) is 8. The third-order valence-electron chi connectivity index (χ3n) is 3.39. The summed E-state index contributed by atoms with van der Waals surface area (Å²) in [6.07, 6.45) is 0. The van der Waals surface area contributed by atoms with E-state index in [1.165, 1.54) is 33.6 Å². The fourth-order valence-corrected chi connectivity index (χ4v) is 4.94. The monoisotopic (exact) mass is 396 g/mol. The number of ether oxygens (including phenoxy) is 1. The van der Waals surface area contributed by atoms with Crippen LogP contribution >= 0.6 is 34.9 Å². The molecule has 1 aromatic carbocycles. The summed E-state index contributed by atoms with van der Waals surface area (Å²) in [4.78, 5) is 24.7. The van der Waals surface area contributed by atoms with Crippen molar-refractivity contribution in [3.05, 3.63) is 29.8 Å². The second kappa shape index (κ2) is 8.54. The van der Waals surface area contributed by atoms with Crippen LogP contribution in [0.4, 0.5) is 4.79 Å². The number of thioether (sulfide) groups is 2. The average Bonchev–Trinajstić information content (AvgIpc) is 3.27. The molecule has 1 N–H and O–H groups in total. The molecule has 1 aromatic heterocycles. The van der Waals surface area contributed by atoms with Gasteiger partial charge in [0.05, 0.1) is 12.9 Å². The molecule has 0 atom stereocenters. The molecule has 0 radical (unpaired) electrons. The first kappa shape index (κ1) is 18.0. The summed E-state index contributed by atoms with van der Waals surface area (Å²) >= 11 is 4.36. The highest BCUT2D eigenvalue weighted by Crippen LogP contribution is 2.31. The number of carbonyl (C=O) groups is 2. The van der Waals surface area contributed by atoms with Gasteiger partial charge in [0, 0.05) is 18.8 Å². The highest BCUT2D eigenvalue weighted by atomic mass is 32.2. The van der Waals surface area contributed by atoms with Gasteiger partial charge in [0.25, 0.3) is 0 Å². The minimum Gasteiger partial charge on any atom is -0.497 e. The quantitative estimate of drug-likeness (QED) is 0.720. The topological polar surface area (TPSA) is 84.4 Å². The number of amides is 3. The summed E-state index contributed by atoms with van der Waals surface area (Å²) < 4.78 is 6.72. The Morgan fingerprint density at radius 1 is 1.28 bits per heavy atom. The molecule has 7 nitrogen and oxygen atoms in total. The number of carbonyl (C=O) groups excluding carboxylic acids is 2. The van der Waals surface area contributed by atoms with Crippen LogP contribution in [0.3, 0.4) is 0 Å². The predicted molar refractivity (Wildman–Crippen MR) is 98.3 cm³/mol. The maximum Gasteiger partial charge on any atom is 0.324 e. The van der Waals surface area contributed by atoms with E-state index in [9.17, 15) is 9.59 Å². The molecule has 3 amide bonds. The van der Waals surface area contributed by atoms with Crippen molar-refractivity contribution in [2.24, 2.45) is 0 Å². The maximum absolute atomic E-state index is 12.0. The molecule has 3 rings (SSSR count). The first-order chi connectivity index (χ1) is 12.2. The van der Waals surface area contributed by atoms with Crippen LogP contribution in [0.1, 0.15) is 5.56 Å². The Kier molecular flexibility index (Phi) is 6.16. The lowest BCUT2D eigenvalue weighted by molar-refractivity contribution is -0.124. The summed E-state index contributed by atoms with van der Waals surface area (Å²) in [5.74, 6) is 1.60. The Morgan fingerprint density at radius 2 is 2.00 bits per heavy atom. The third-order valence-corrected chi connectivity index (χ3v) is 6.63. The normalized spacial score (nSPS) is 13.8. The molecule has 132 valence electrons. The number of rotatable bonds is 7. The van der Waals surface area contributed by atoms with Gasteiger partial charge < -0.3 is 10.1 Å². The molecule has 0 bridgehead atoms. The molecular weight excluding hydrogens is 380 g/mol. The Hall–Kier alpha value is -1.78. The van der Waals surface area contributed by atoms with E-state index < -0.39 is 0 Å². The molecule has 25 heavy (non-hydrogen) atoms. The Bertz CT molecular complexity index is 751. The fraction of sp³-hybridized carbons (Fsp3) is 0.333. The van der Waals surface area contributed by atoms with Crippen LogP contribution in [-0.2, 0) is 10.5 Å². The number of urea groups is 1. The van der Waals surface area contributed by atoms with Crippen LogP contribution in [0.25, 0.3) is 0 Å². The molecule has 2 aromatic rings. The second-order valence-corrected chi connectivity index (χ2v) is 8.46. The van der Waals surface area contributed by atoms with Gasteiger partial charge in [0.15, 0.2) is 8.68 Å². The summed E-state index contributed by atoms with van der Waals surface area (Å²) in [7, 11) is 1.64. The van der Waals surface area contributed by atoms with E-state index in [2.05, 4.69) is 15.5 Å². The summed E-state index contributed by atoms with van der Waals surface area (Å²) in [6, 6.07) is 7.57. The molecule has 0 saturated carbocycles. The van der Waals surface area contributed by atoms with E-state index in [0.717, 1.165) is 20.2 Å². The van der Waals surface area contributed by atoms with Gasteiger partial charge in [-0.15, -0.1) is 10.2 Å². The van der Waals surface area contributed by atoms with Crippen molar-refractivity contribution < 1.29 is 14.3 Å². The first-order valence-electron chi connectivity index (χ1n) is 7.46. The second-order valence-electron chi connectivity index (χ2n) is 5.04. The number of nitrogens with zero attached hydrogens (tertiary/aromatic N) is 3. The molecule has 1 fully saturated rings. The van der Waals surface area contributed by atoms with E-state index in [1.54, 1.807) is 18.9 Å². The summed E-state index contributed by atoms with van der Waals surface area (Å²) in [5, 5.41) is 10.8.